The van der Waals surface area contributed by atoms with Crippen molar-refractivity contribution in [1.29, 1.82) is 0 Å². The van der Waals surface area contributed by atoms with Crippen LogP contribution < -0.4 is 5.32 Å². The highest BCUT2D eigenvalue weighted by molar-refractivity contribution is 7.98. The number of thioether (sulfide) groups is 1. The Labute approximate surface area is 165 Å². The molecule has 148 valence electrons. The van der Waals surface area contributed by atoms with Crippen LogP contribution in [0, 0.1) is 10.8 Å². The smallest absolute Gasteiger partial charge is 0.155 e. The number of hydrogen-bond acceptors (Lipinski definition) is 3. The molecule has 0 spiro atoms. The number of rotatable bonds is 7. The number of Topliss-reactive ketones (excluding diaryl/α,β-unsaturated/α-hetero) is 1. The fourth-order valence-electron chi connectivity index (χ4n) is 2.96. The fourth-order valence-corrected chi connectivity index (χ4v) is 3.97. The molecule has 0 aromatic heterocycles. The summed E-state index contributed by atoms with van der Waals surface area (Å²) in [6.07, 6.45) is 1.09. The Bertz CT molecular complexity index is 587. The van der Waals surface area contributed by atoms with E-state index in [0.717, 1.165) is 17.9 Å². The summed E-state index contributed by atoms with van der Waals surface area (Å²) in [7, 11) is 0. The molecule has 0 heterocycles. The lowest BCUT2D eigenvalue weighted by Crippen LogP contribution is -2.52. The van der Waals surface area contributed by atoms with Crippen LogP contribution in [0.5, 0.6) is 0 Å². The van der Waals surface area contributed by atoms with Crippen LogP contribution >= 0.6 is 11.8 Å². The maximum absolute atomic E-state index is 12.8. The molecule has 1 aromatic carbocycles. The molecule has 0 fully saturated rings. The van der Waals surface area contributed by atoms with Gasteiger partial charge >= 0.3 is 0 Å². The van der Waals surface area contributed by atoms with Crippen molar-refractivity contribution in [2.45, 2.75) is 86.1 Å². The molecule has 1 atom stereocenters. The van der Waals surface area contributed by atoms with Crippen molar-refractivity contribution in [1.82, 2.24) is 5.32 Å². The van der Waals surface area contributed by atoms with Gasteiger partial charge in [-0.1, -0.05) is 65.8 Å². The van der Waals surface area contributed by atoms with E-state index in [-0.39, 0.29) is 17.0 Å². The molecule has 0 unspecified atom stereocenters. The van der Waals surface area contributed by atoms with E-state index >= 15 is 0 Å². The van der Waals surface area contributed by atoms with Crippen LogP contribution in [0.15, 0.2) is 24.3 Å². The zero-order chi connectivity index (χ0) is 20.2. The second kappa shape index (κ2) is 8.93. The minimum atomic E-state index is -0.323. The molecule has 0 saturated heterocycles. The number of hydrogen-bond donors (Lipinski definition) is 1. The van der Waals surface area contributed by atoms with E-state index in [0.29, 0.717) is 11.2 Å². The van der Waals surface area contributed by atoms with Gasteiger partial charge in [0, 0.05) is 22.5 Å². The minimum absolute atomic E-state index is 0.0707. The molecule has 0 aliphatic carbocycles. The fraction of sp³-hybridized carbons (Fsp3) is 0.696. The summed E-state index contributed by atoms with van der Waals surface area (Å²) in [6.45, 7) is 19.2. The molecule has 26 heavy (non-hydrogen) atoms. The van der Waals surface area contributed by atoms with Crippen molar-refractivity contribution in [2.75, 3.05) is 5.75 Å². The van der Waals surface area contributed by atoms with Crippen molar-refractivity contribution in [3.05, 3.63) is 35.4 Å². The molecule has 0 aliphatic heterocycles. The SMILES string of the molecule is CC(C)(C)Cc1cccc(CSC[C@H](NC(C)(C)C)C(=O)C(C)(C)C)c1. The van der Waals surface area contributed by atoms with Gasteiger partial charge in [-0.05, 0) is 43.7 Å². The molecule has 0 radical (unpaired) electrons. The maximum atomic E-state index is 12.8. The molecular formula is C23H39NOS. The number of benzene rings is 1. The van der Waals surface area contributed by atoms with E-state index < -0.39 is 0 Å². The largest absolute Gasteiger partial charge is 0.302 e. The molecule has 1 aromatic rings. The topological polar surface area (TPSA) is 29.1 Å². The second-order valence-electron chi connectivity index (χ2n) is 10.6. The number of ketones is 1. The lowest BCUT2D eigenvalue weighted by molar-refractivity contribution is -0.128. The normalized spacial score (nSPS) is 14.3. The number of carbonyl (C=O) groups excluding carboxylic acids is 1. The molecule has 1 rings (SSSR count). The standard InChI is InChI=1S/C23H39NOS/c1-21(2,3)14-17-11-10-12-18(13-17)15-26-16-19(24-23(7,8)9)20(25)22(4,5)6/h10-13,19,24H,14-16H2,1-9H3/t19-/m0/s1. The van der Waals surface area contributed by atoms with Gasteiger partial charge < -0.3 is 5.32 Å². The lowest BCUT2D eigenvalue weighted by Gasteiger charge is -2.31. The van der Waals surface area contributed by atoms with Gasteiger partial charge in [0.25, 0.3) is 0 Å². The van der Waals surface area contributed by atoms with Gasteiger partial charge in [0.2, 0.25) is 0 Å². The monoisotopic (exact) mass is 377 g/mol. The average molecular weight is 378 g/mol. The molecule has 2 nitrogen and oxygen atoms in total. The van der Waals surface area contributed by atoms with Crippen LogP contribution in [0.25, 0.3) is 0 Å². The first-order valence-electron chi connectivity index (χ1n) is 9.65. The third-order valence-electron chi connectivity index (χ3n) is 3.94. The molecule has 1 N–H and O–H groups in total. The minimum Gasteiger partial charge on any atom is -0.302 e. The summed E-state index contributed by atoms with van der Waals surface area (Å²) in [6, 6.07) is 8.76. The highest BCUT2D eigenvalue weighted by Crippen LogP contribution is 2.24. The summed E-state index contributed by atoms with van der Waals surface area (Å²) in [5.41, 5.74) is 2.64. The van der Waals surface area contributed by atoms with E-state index in [1.54, 1.807) is 0 Å². The summed E-state index contributed by atoms with van der Waals surface area (Å²) < 4.78 is 0. The van der Waals surface area contributed by atoms with Crippen LogP contribution in [-0.4, -0.2) is 23.1 Å². The summed E-state index contributed by atoms with van der Waals surface area (Å²) >= 11 is 1.84. The third-order valence-corrected chi connectivity index (χ3v) is 5.05. The summed E-state index contributed by atoms with van der Waals surface area (Å²) in [4.78, 5) is 12.8. The Hall–Kier alpha value is -0.800. The highest BCUT2D eigenvalue weighted by Gasteiger charge is 2.31. The van der Waals surface area contributed by atoms with Gasteiger partial charge in [-0.15, -0.1) is 0 Å². The molecule has 0 amide bonds. The zero-order valence-corrected chi connectivity index (χ0v) is 19.1. The Balaban J connectivity index is 2.72. The van der Waals surface area contributed by atoms with Crippen molar-refractivity contribution >= 4 is 17.5 Å². The van der Waals surface area contributed by atoms with E-state index in [1.807, 2.05) is 32.5 Å². The molecule has 3 heteroatoms. The van der Waals surface area contributed by atoms with Gasteiger partial charge in [-0.2, -0.15) is 11.8 Å². The van der Waals surface area contributed by atoms with Gasteiger partial charge in [-0.25, -0.2) is 0 Å². The predicted octanol–water partition coefficient (Wildman–Crippen LogP) is 5.88. The molecule has 0 aliphatic rings. The quantitative estimate of drug-likeness (QED) is 0.643. The van der Waals surface area contributed by atoms with Crippen molar-refractivity contribution < 1.29 is 4.79 Å². The van der Waals surface area contributed by atoms with Gasteiger partial charge in [0.05, 0.1) is 6.04 Å². The van der Waals surface area contributed by atoms with Crippen molar-refractivity contribution in [3.8, 4) is 0 Å². The molecule has 0 saturated carbocycles. The van der Waals surface area contributed by atoms with E-state index in [1.165, 1.54) is 11.1 Å². The Morgan fingerprint density at radius 3 is 2.08 bits per heavy atom. The van der Waals surface area contributed by atoms with Crippen LogP contribution in [0.3, 0.4) is 0 Å². The van der Waals surface area contributed by atoms with Crippen LogP contribution in [0.4, 0.5) is 0 Å². The summed E-state index contributed by atoms with van der Waals surface area (Å²) in [5, 5.41) is 3.52. The average Bonchev–Trinajstić information content (AvgIpc) is 2.41. The number of carbonyl (C=O) groups is 1. The van der Waals surface area contributed by atoms with E-state index in [2.05, 4.69) is 71.1 Å². The van der Waals surface area contributed by atoms with Crippen molar-refractivity contribution in [3.63, 3.8) is 0 Å². The van der Waals surface area contributed by atoms with E-state index in [9.17, 15) is 4.79 Å². The first kappa shape index (κ1) is 23.2. The zero-order valence-electron chi connectivity index (χ0n) is 18.3. The maximum Gasteiger partial charge on any atom is 0.155 e. The highest BCUT2D eigenvalue weighted by atomic mass is 32.2. The Kier molecular flexibility index (Phi) is 7.98. The van der Waals surface area contributed by atoms with E-state index in [4.69, 9.17) is 0 Å². The summed E-state index contributed by atoms with van der Waals surface area (Å²) in [5.74, 6) is 2.04. The first-order valence-corrected chi connectivity index (χ1v) is 10.8. The molecule has 0 bridgehead atoms. The predicted molar refractivity (Wildman–Crippen MR) is 117 cm³/mol. The van der Waals surface area contributed by atoms with Gasteiger partial charge in [0.15, 0.2) is 5.78 Å². The second-order valence-corrected chi connectivity index (χ2v) is 11.7. The Morgan fingerprint density at radius 1 is 1.00 bits per heavy atom. The third kappa shape index (κ3) is 9.23. The van der Waals surface area contributed by atoms with Crippen molar-refractivity contribution in [2.24, 2.45) is 10.8 Å². The lowest BCUT2D eigenvalue weighted by atomic mass is 9.86. The van der Waals surface area contributed by atoms with Gasteiger partial charge in [-0.3, -0.25) is 4.79 Å². The Morgan fingerprint density at radius 2 is 1.58 bits per heavy atom. The van der Waals surface area contributed by atoms with Gasteiger partial charge in [0.1, 0.15) is 0 Å². The molecular weight excluding hydrogens is 338 g/mol. The number of nitrogens with one attached hydrogen (secondary N) is 1. The van der Waals surface area contributed by atoms with Crippen LogP contribution in [0.2, 0.25) is 0 Å². The van der Waals surface area contributed by atoms with Crippen LogP contribution in [0.1, 0.15) is 73.4 Å². The van der Waals surface area contributed by atoms with Crippen LogP contribution in [-0.2, 0) is 17.0 Å². The first-order chi connectivity index (χ1) is 11.7.